The molecule has 7 heteroatoms. The molecule has 0 aliphatic carbocycles. The second-order valence-corrected chi connectivity index (χ2v) is 9.65. The first-order valence-electron chi connectivity index (χ1n) is 12.0. The van der Waals surface area contributed by atoms with Gasteiger partial charge in [-0.3, -0.25) is 9.59 Å². The lowest BCUT2D eigenvalue weighted by atomic mass is 9.92. The number of para-hydroxylation sites is 1. The molecule has 178 valence electrons. The van der Waals surface area contributed by atoms with E-state index < -0.39 is 0 Å². The van der Waals surface area contributed by atoms with Crippen LogP contribution in [-0.4, -0.2) is 59.8 Å². The highest BCUT2D eigenvalue weighted by Gasteiger charge is 2.22. The number of aryl methyl sites for hydroxylation is 1. The number of ether oxygens (including phenoxy) is 1. The van der Waals surface area contributed by atoms with E-state index in [0.29, 0.717) is 30.8 Å². The Balaban J connectivity index is 1.58. The van der Waals surface area contributed by atoms with Gasteiger partial charge in [-0.2, -0.15) is 0 Å². The predicted molar refractivity (Wildman–Crippen MR) is 133 cm³/mol. The Kier molecular flexibility index (Phi) is 7.20. The first-order valence-corrected chi connectivity index (χ1v) is 12.0. The van der Waals surface area contributed by atoms with E-state index >= 15 is 0 Å². The molecule has 0 unspecified atom stereocenters. The smallest absolute Gasteiger partial charge is 0.275 e. The summed E-state index contributed by atoms with van der Waals surface area (Å²) < 4.78 is 8.67. The number of pyridine rings is 1. The van der Waals surface area contributed by atoms with E-state index in [9.17, 15) is 9.59 Å². The van der Waals surface area contributed by atoms with E-state index in [1.165, 1.54) is 6.42 Å². The molecule has 1 fully saturated rings. The number of fused-ring (bicyclic) bond motifs is 3. The summed E-state index contributed by atoms with van der Waals surface area (Å²) >= 11 is 0. The SMILES string of the molecule is COCCn1cc(C(=O)NCCCN2C[C@H](C)C[C@H](C)C2)c2c3ccccc3n(C)c2c1=O. The van der Waals surface area contributed by atoms with Crippen LogP contribution in [0, 0.1) is 11.8 Å². The van der Waals surface area contributed by atoms with E-state index in [0.717, 1.165) is 54.2 Å². The highest BCUT2D eigenvalue weighted by molar-refractivity contribution is 6.17. The van der Waals surface area contributed by atoms with Gasteiger partial charge in [0.15, 0.2) is 0 Å². The monoisotopic (exact) mass is 452 g/mol. The summed E-state index contributed by atoms with van der Waals surface area (Å²) in [5, 5.41) is 4.76. The highest BCUT2D eigenvalue weighted by Crippen LogP contribution is 2.29. The molecule has 0 saturated carbocycles. The lowest BCUT2D eigenvalue weighted by Gasteiger charge is -2.34. The van der Waals surface area contributed by atoms with Gasteiger partial charge in [0.25, 0.3) is 11.5 Å². The van der Waals surface area contributed by atoms with Crippen molar-refractivity contribution in [3.05, 3.63) is 46.4 Å². The quantitative estimate of drug-likeness (QED) is 0.533. The van der Waals surface area contributed by atoms with Gasteiger partial charge in [-0.05, 0) is 37.3 Å². The fourth-order valence-electron chi connectivity index (χ4n) is 5.43. The van der Waals surface area contributed by atoms with E-state index in [1.54, 1.807) is 17.9 Å². The molecule has 1 aliphatic rings. The summed E-state index contributed by atoms with van der Waals surface area (Å²) in [4.78, 5) is 29.1. The third-order valence-corrected chi connectivity index (χ3v) is 6.79. The van der Waals surface area contributed by atoms with Crippen LogP contribution < -0.4 is 10.9 Å². The maximum absolute atomic E-state index is 13.3. The van der Waals surface area contributed by atoms with Crippen molar-refractivity contribution in [2.75, 3.05) is 39.9 Å². The molecule has 3 aromatic rings. The minimum absolute atomic E-state index is 0.106. The van der Waals surface area contributed by atoms with Gasteiger partial charge in [0.1, 0.15) is 5.52 Å². The molecule has 0 radical (unpaired) electrons. The van der Waals surface area contributed by atoms with Crippen LogP contribution in [0.5, 0.6) is 0 Å². The zero-order valence-corrected chi connectivity index (χ0v) is 20.3. The first-order chi connectivity index (χ1) is 15.9. The number of amides is 1. The van der Waals surface area contributed by atoms with Gasteiger partial charge in [-0.1, -0.05) is 32.0 Å². The van der Waals surface area contributed by atoms with Crippen molar-refractivity contribution in [1.82, 2.24) is 19.4 Å². The molecule has 0 spiro atoms. The van der Waals surface area contributed by atoms with E-state index in [-0.39, 0.29) is 11.5 Å². The number of nitrogens with one attached hydrogen (secondary N) is 1. The Hall–Kier alpha value is -2.64. The summed E-state index contributed by atoms with van der Waals surface area (Å²) in [7, 11) is 3.49. The molecule has 3 heterocycles. The fourth-order valence-corrected chi connectivity index (χ4v) is 5.43. The Bertz CT molecular complexity index is 1190. The molecule has 1 amide bonds. The van der Waals surface area contributed by atoms with Gasteiger partial charge in [0.2, 0.25) is 0 Å². The minimum Gasteiger partial charge on any atom is -0.383 e. The van der Waals surface area contributed by atoms with Gasteiger partial charge in [-0.15, -0.1) is 0 Å². The van der Waals surface area contributed by atoms with Crippen LogP contribution in [0.2, 0.25) is 0 Å². The molecule has 1 aromatic carbocycles. The van der Waals surface area contributed by atoms with Crippen LogP contribution in [0.15, 0.2) is 35.3 Å². The van der Waals surface area contributed by atoms with Crippen molar-refractivity contribution < 1.29 is 9.53 Å². The number of aromatic nitrogens is 2. The molecule has 1 N–H and O–H groups in total. The lowest BCUT2D eigenvalue weighted by Crippen LogP contribution is -2.40. The van der Waals surface area contributed by atoms with Crippen molar-refractivity contribution in [1.29, 1.82) is 0 Å². The number of hydrogen-bond acceptors (Lipinski definition) is 4. The van der Waals surface area contributed by atoms with Crippen LogP contribution in [0.25, 0.3) is 21.8 Å². The Labute approximate surface area is 195 Å². The Morgan fingerprint density at radius 1 is 1.15 bits per heavy atom. The van der Waals surface area contributed by atoms with Crippen molar-refractivity contribution in [2.45, 2.75) is 33.2 Å². The molecular formula is C26H36N4O3. The Morgan fingerprint density at radius 3 is 2.61 bits per heavy atom. The maximum Gasteiger partial charge on any atom is 0.275 e. The number of methoxy groups -OCH3 is 1. The standard InChI is InChI=1S/C26H36N4O3/c1-18-14-19(2)16-29(15-18)11-7-10-27-25(31)21-17-30(12-13-33-4)26(32)24-23(21)20-8-5-6-9-22(20)28(24)3/h5-6,8-9,17-19H,7,10-16H2,1-4H3,(H,27,31)/t18-,19+. The summed E-state index contributed by atoms with van der Waals surface area (Å²) in [6.45, 7) is 9.32. The van der Waals surface area contributed by atoms with E-state index in [2.05, 4.69) is 24.1 Å². The lowest BCUT2D eigenvalue weighted by molar-refractivity contribution is 0.0948. The second-order valence-electron chi connectivity index (χ2n) is 9.65. The molecular weight excluding hydrogens is 416 g/mol. The van der Waals surface area contributed by atoms with Gasteiger partial charge < -0.3 is 24.1 Å². The second kappa shape index (κ2) is 10.1. The van der Waals surface area contributed by atoms with Gasteiger partial charge in [0.05, 0.1) is 12.2 Å². The van der Waals surface area contributed by atoms with Crippen molar-refractivity contribution >= 4 is 27.7 Å². The number of likely N-dealkylation sites (tertiary alicyclic amines) is 1. The summed E-state index contributed by atoms with van der Waals surface area (Å²) in [5.41, 5.74) is 1.93. The number of nitrogens with zero attached hydrogens (tertiary/aromatic N) is 3. The first kappa shape index (κ1) is 23.5. The fraction of sp³-hybridized carbons (Fsp3) is 0.538. The molecule has 7 nitrogen and oxygen atoms in total. The predicted octanol–water partition coefficient (Wildman–Crippen LogP) is 3.24. The maximum atomic E-state index is 13.3. The van der Waals surface area contributed by atoms with Crippen LogP contribution in [0.1, 0.15) is 37.0 Å². The number of rotatable bonds is 8. The third kappa shape index (κ3) is 4.84. The molecule has 4 rings (SSSR count). The number of piperidine rings is 1. The third-order valence-electron chi connectivity index (χ3n) is 6.79. The molecule has 2 aromatic heterocycles. The Morgan fingerprint density at radius 2 is 1.88 bits per heavy atom. The molecule has 1 aliphatic heterocycles. The zero-order valence-electron chi connectivity index (χ0n) is 20.3. The normalized spacial score (nSPS) is 19.4. The molecule has 1 saturated heterocycles. The number of carbonyl (C=O) groups excluding carboxylic acids is 1. The van der Waals surface area contributed by atoms with Gasteiger partial charge >= 0.3 is 0 Å². The number of hydrogen-bond donors (Lipinski definition) is 1. The van der Waals surface area contributed by atoms with Gasteiger partial charge in [0, 0.05) is 62.8 Å². The minimum atomic E-state index is -0.136. The molecule has 2 atom stereocenters. The average molecular weight is 453 g/mol. The highest BCUT2D eigenvalue weighted by atomic mass is 16.5. The number of benzene rings is 1. The summed E-state index contributed by atoms with van der Waals surface area (Å²) in [5.74, 6) is 1.33. The average Bonchev–Trinajstić information content (AvgIpc) is 3.09. The molecule has 0 bridgehead atoms. The van der Waals surface area contributed by atoms with Gasteiger partial charge in [-0.25, -0.2) is 0 Å². The van der Waals surface area contributed by atoms with Crippen LogP contribution in [0.4, 0.5) is 0 Å². The largest absolute Gasteiger partial charge is 0.383 e. The number of carbonyl (C=O) groups is 1. The summed E-state index contributed by atoms with van der Waals surface area (Å²) in [6.07, 6.45) is 3.90. The van der Waals surface area contributed by atoms with Crippen LogP contribution >= 0.6 is 0 Å². The van der Waals surface area contributed by atoms with Crippen molar-refractivity contribution in [3.8, 4) is 0 Å². The van der Waals surface area contributed by atoms with Crippen molar-refractivity contribution in [2.24, 2.45) is 18.9 Å². The van der Waals surface area contributed by atoms with Crippen molar-refractivity contribution in [3.63, 3.8) is 0 Å². The molecule has 33 heavy (non-hydrogen) atoms. The van der Waals surface area contributed by atoms with Crippen LogP contribution in [-0.2, 0) is 18.3 Å². The zero-order chi connectivity index (χ0) is 23.5. The van der Waals surface area contributed by atoms with E-state index in [4.69, 9.17) is 4.74 Å². The van der Waals surface area contributed by atoms with E-state index in [1.807, 2.05) is 35.9 Å². The summed E-state index contributed by atoms with van der Waals surface area (Å²) in [6, 6.07) is 7.86. The topological polar surface area (TPSA) is 68.5 Å². The van der Waals surface area contributed by atoms with Crippen LogP contribution in [0.3, 0.4) is 0 Å².